The molecule has 5 nitrogen and oxygen atoms in total. The van der Waals surface area contributed by atoms with Crippen LogP contribution in [0.1, 0.15) is 22.9 Å². The average Bonchev–Trinajstić information content (AvgIpc) is 3.97. The summed E-state index contributed by atoms with van der Waals surface area (Å²) in [5, 5.41) is 8.28. The molecular formula is C63H42N4O. The number of benzene rings is 10. The zero-order valence-electron chi connectivity index (χ0n) is 36.9. The molecule has 1 N–H and O–H groups in total. The van der Waals surface area contributed by atoms with Gasteiger partial charge in [0.25, 0.3) is 0 Å². The molecule has 1 aliphatic rings. The number of aliphatic imine (C=N–C) groups is 2. The summed E-state index contributed by atoms with van der Waals surface area (Å²) < 4.78 is 9.13. The van der Waals surface area contributed by atoms with Gasteiger partial charge in [-0.25, -0.2) is 9.98 Å². The second kappa shape index (κ2) is 16.4. The highest BCUT2D eigenvalue weighted by molar-refractivity contribution is 6.17. The van der Waals surface area contributed by atoms with Gasteiger partial charge in [-0.05, 0) is 99.1 Å². The third-order valence-electron chi connectivity index (χ3n) is 13.3. The van der Waals surface area contributed by atoms with Crippen molar-refractivity contribution < 1.29 is 4.42 Å². The zero-order valence-corrected chi connectivity index (χ0v) is 36.9. The molecule has 0 bridgehead atoms. The molecule has 2 aromatic heterocycles. The van der Waals surface area contributed by atoms with Crippen molar-refractivity contribution in [2.75, 3.05) is 0 Å². The summed E-state index contributed by atoms with van der Waals surface area (Å²) in [4.78, 5) is 10.6. The lowest BCUT2D eigenvalue weighted by atomic mass is 9.94. The number of amidine groups is 2. The number of hydrogen-bond donors (Lipinski definition) is 1. The minimum Gasteiger partial charge on any atom is -0.456 e. The van der Waals surface area contributed by atoms with Crippen LogP contribution in [0, 0.1) is 0 Å². The molecule has 0 aliphatic carbocycles. The molecule has 5 heteroatoms. The van der Waals surface area contributed by atoms with Gasteiger partial charge in [-0.2, -0.15) is 0 Å². The molecule has 0 saturated carbocycles. The van der Waals surface area contributed by atoms with Gasteiger partial charge in [-0.1, -0.05) is 188 Å². The zero-order chi connectivity index (χ0) is 45.0. The molecule has 1 unspecified atom stereocenters. The number of aromatic nitrogens is 1. The van der Waals surface area contributed by atoms with Crippen LogP contribution in [0.5, 0.6) is 0 Å². The molecule has 12 aromatic rings. The summed E-state index contributed by atoms with van der Waals surface area (Å²) in [6.07, 6.45) is -0.478. The van der Waals surface area contributed by atoms with Gasteiger partial charge in [0.05, 0.1) is 11.0 Å². The summed E-state index contributed by atoms with van der Waals surface area (Å²) in [7, 11) is 0. The van der Waals surface area contributed by atoms with Crippen LogP contribution in [0.25, 0.3) is 93.9 Å². The first-order valence-electron chi connectivity index (χ1n) is 23.1. The van der Waals surface area contributed by atoms with Gasteiger partial charge in [0, 0.05) is 43.9 Å². The first-order chi connectivity index (χ1) is 33.7. The molecule has 68 heavy (non-hydrogen) atoms. The number of para-hydroxylation sites is 2. The fourth-order valence-corrected chi connectivity index (χ4v) is 9.91. The minimum atomic E-state index is -0.478. The number of furan rings is 1. The van der Waals surface area contributed by atoms with E-state index in [1.54, 1.807) is 0 Å². The highest BCUT2D eigenvalue weighted by Gasteiger charge is 2.25. The Labute approximate surface area is 393 Å². The maximum atomic E-state index is 6.75. The van der Waals surface area contributed by atoms with Gasteiger partial charge in [-0.3, -0.25) is 0 Å². The Morgan fingerprint density at radius 3 is 1.50 bits per heavy atom. The van der Waals surface area contributed by atoms with Gasteiger partial charge in [0.2, 0.25) is 0 Å². The number of nitrogens with zero attached hydrogens (tertiary/aromatic N) is 3. The molecule has 10 aromatic carbocycles. The number of hydrogen-bond acceptors (Lipinski definition) is 4. The molecular weight excluding hydrogens is 829 g/mol. The molecule has 0 spiro atoms. The summed E-state index contributed by atoms with van der Waals surface area (Å²) >= 11 is 0. The molecule has 13 rings (SSSR count). The van der Waals surface area contributed by atoms with E-state index in [-0.39, 0.29) is 0 Å². The predicted molar refractivity (Wildman–Crippen MR) is 282 cm³/mol. The van der Waals surface area contributed by atoms with Gasteiger partial charge < -0.3 is 14.3 Å². The third-order valence-corrected chi connectivity index (χ3v) is 13.3. The van der Waals surface area contributed by atoms with Crippen molar-refractivity contribution in [3.05, 3.63) is 259 Å². The normalized spacial score (nSPS) is 13.7. The van der Waals surface area contributed by atoms with Crippen LogP contribution >= 0.6 is 0 Å². The average molecular weight is 871 g/mol. The van der Waals surface area contributed by atoms with Crippen molar-refractivity contribution in [3.63, 3.8) is 0 Å². The van der Waals surface area contributed by atoms with Gasteiger partial charge in [0.15, 0.2) is 5.84 Å². The van der Waals surface area contributed by atoms with Crippen LogP contribution in [0.3, 0.4) is 0 Å². The lowest BCUT2D eigenvalue weighted by molar-refractivity contribution is 0.655. The summed E-state index contributed by atoms with van der Waals surface area (Å²) in [5.41, 5.74) is 17.1. The number of nitrogens with one attached hydrogen (secondary N) is 1. The standard InChI is InChI=1S/C63H42N4O/c1-5-15-41(16-6-1)44-25-29-46(30-26-44)61-64-62(47-31-27-45(28-32-47)42-17-7-2-8-18-42)66-63(65-61)50-39-53(60-52-23-13-14-24-58(52)68-59(60)40-50)49-34-36-57-55(38-49)54-37-48(43-19-9-3-10-20-43)33-35-56(54)67(57)51-21-11-4-12-22-51/h1-40,63H,(H,64,65,66). The lowest BCUT2D eigenvalue weighted by Crippen LogP contribution is -2.33. The molecule has 0 saturated heterocycles. The van der Waals surface area contributed by atoms with Gasteiger partial charge in [-0.15, -0.1) is 0 Å². The van der Waals surface area contributed by atoms with E-state index in [0.717, 1.165) is 89.0 Å². The highest BCUT2D eigenvalue weighted by Crippen LogP contribution is 2.43. The van der Waals surface area contributed by atoms with E-state index in [1.807, 2.05) is 18.2 Å². The number of fused-ring (bicyclic) bond motifs is 6. The first kappa shape index (κ1) is 39.3. The predicted octanol–water partition coefficient (Wildman–Crippen LogP) is 15.8. The van der Waals surface area contributed by atoms with E-state index in [2.05, 4.69) is 234 Å². The van der Waals surface area contributed by atoms with Crippen molar-refractivity contribution in [2.24, 2.45) is 9.98 Å². The van der Waals surface area contributed by atoms with Crippen molar-refractivity contribution in [2.45, 2.75) is 6.17 Å². The minimum absolute atomic E-state index is 0.478. The van der Waals surface area contributed by atoms with E-state index >= 15 is 0 Å². The summed E-state index contributed by atoms with van der Waals surface area (Å²) in [5.74, 6) is 1.41. The van der Waals surface area contributed by atoms with Gasteiger partial charge >= 0.3 is 0 Å². The quantitative estimate of drug-likeness (QED) is 0.165. The fraction of sp³-hybridized carbons (Fsp3) is 0.0159. The Hall–Kier alpha value is -9.06. The Bertz CT molecular complexity index is 3890. The third kappa shape index (κ3) is 6.97. The molecule has 320 valence electrons. The highest BCUT2D eigenvalue weighted by atomic mass is 16.3. The largest absolute Gasteiger partial charge is 0.456 e. The summed E-state index contributed by atoms with van der Waals surface area (Å²) in [6.45, 7) is 0. The van der Waals surface area contributed by atoms with Crippen molar-refractivity contribution in [1.29, 1.82) is 0 Å². The monoisotopic (exact) mass is 870 g/mol. The van der Waals surface area contributed by atoms with Crippen LogP contribution in [0.4, 0.5) is 0 Å². The molecule has 1 atom stereocenters. The van der Waals surface area contributed by atoms with Crippen LogP contribution in [0.15, 0.2) is 257 Å². The molecule has 1 aliphatic heterocycles. The summed E-state index contributed by atoms with van der Waals surface area (Å²) in [6, 6.07) is 85.9. The van der Waals surface area contributed by atoms with E-state index < -0.39 is 6.17 Å². The smallest absolute Gasteiger partial charge is 0.159 e. The number of rotatable bonds is 8. The van der Waals surface area contributed by atoms with E-state index in [0.29, 0.717) is 5.84 Å². The van der Waals surface area contributed by atoms with Crippen LogP contribution in [-0.4, -0.2) is 16.2 Å². The van der Waals surface area contributed by atoms with E-state index in [4.69, 9.17) is 14.4 Å². The maximum absolute atomic E-state index is 6.75. The second-order valence-corrected chi connectivity index (χ2v) is 17.4. The Morgan fingerprint density at radius 1 is 0.382 bits per heavy atom. The van der Waals surface area contributed by atoms with E-state index in [9.17, 15) is 0 Å². The lowest BCUT2D eigenvalue weighted by Gasteiger charge is -2.24. The first-order valence-corrected chi connectivity index (χ1v) is 23.1. The van der Waals surface area contributed by atoms with Crippen LogP contribution in [0.2, 0.25) is 0 Å². The molecule has 0 amide bonds. The topological polar surface area (TPSA) is 54.8 Å². The Morgan fingerprint density at radius 2 is 0.868 bits per heavy atom. The SMILES string of the molecule is c1ccc(-c2ccc(C3=NC(c4cc(-c5ccc6c(c5)c5cc(-c7ccccc7)ccc5n6-c5ccccc5)c5c(c4)oc4ccccc45)NC(c4ccc(-c5ccccc5)cc4)=N3)cc2)cc1. The van der Waals surface area contributed by atoms with Crippen molar-refractivity contribution in [3.8, 4) is 50.2 Å². The Kier molecular flexibility index (Phi) is 9.50. The van der Waals surface area contributed by atoms with Gasteiger partial charge in [0.1, 0.15) is 23.2 Å². The van der Waals surface area contributed by atoms with Crippen LogP contribution < -0.4 is 5.32 Å². The molecule has 0 radical (unpaired) electrons. The maximum Gasteiger partial charge on any atom is 0.159 e. The van der Waals surface area contributed by atoms with Crippen molar-refractivity contribution in [1.82, 2.24) is 9.88 Å². The second-order valence-electron chi connectivity index (χ2n) is 17.4. The molecule has 3 heterocycles. The van der Waals surface area contributed by atoms with Crippen LogP contribution in [-0.2, 0) is 0 Å². The molecule has 0 fully saturated rings. The Balaban J connectivity index is 0.984. The van der Waals surface area contributed by atoms with E-state index in [1.165, 1.54) is 27.5 Å². The van der Waals surface area contributed by atoms with Crippen molar-refractivity contribution >= 4 is 55.4 Å². The fourth-order valence-electron chi connectivity index (χ4n) is 9.91.